The van der Waals surface area contributed by atoms with Crippen LogP contribution >= 0.6 is 0 Å². The van der Waals surface area contributed by atoms with Crippen LogP contribution in [0, 0.1) is 11.3 Å². The number of benzene rings is 1. The van der Waals surface area contributed by atoms with Gasteiger partial charge in [-0.15, -0.1) is 0 Å². The summed E-state index contributed by atoms with van der Waals surface area (Å²) in [6, 6.07) is 9.35. The summed E-state index contributed by atoms with van der Waals surface area (Å²) in [6.07, 6.45) is 2.44. The van der Waals surface area contributed by atoms with E-state index in [1.165, 1.54) is 6.20 Å². The van der Waals surface area contributed by atoms with Gasteiger partial charge in [-0.25, -0.2) is 0 Å². The van der Waals surface area contributed by atoms with E-state index >= 15 is 0 Å². The molecule has 0 aromatic heterocycles. The minimum Gasteiger partial charge on any atom is -0.497 e. The van der Waals surface area contributed by atoms with E-state index in [0.29, 0.717) is 13.1 Å². The Balaban J connectivity index is 1.69. The van der Waals surface area contributed by atoms with Crippen LogP contribution in [0.2, 0.25) is 0 Å². The van der Waals surface area contributed by atoms with Crippen molar-refractivity contribution in [2.45, 2.75) is 13.0 Å². The lowest BCUT2D eigenvalue weighted by Gasteiger charge is -2.26. The summed E-state index contributed by atoms with van der Waals surface area (Å²) in [5.41, 5.74) is 1.01. The van der Waals surface area contributed by atoms with E-state index in [1.54, 1.807) is 7.11 Å². The molecule has 1 fully saturated rings. The molecule has 1 aliphatic heterocycles. The predicted octanol–water partition coefficient (Wildman–Crippen LogP) is 1.03. The van der Waals surface area contributed by atoms with Gasteiger partial charge in [0.15, 0.2) is 0 Å². The monoisotopic (exact) mass is 358 g/mol. The van der Waals surface area contributed by atoms with Gasteiger partial charge in [-0.2, -0.15) is 5.26 Å². The lowest BCUT2D eigenvalue weighted by molar-refractivity contribution is -0.117. The quantitative estimate of drug-likeness (QED) is 0.390. The molecule has 1 amide bonds. The number of methoxy groups -OCH3 is 1. The minimum atomic E-state index is -0.385. The molecule has 1 aliphatic rings. The molecule has 7 heteroatoms. The summed E-state index contributed by atoms with van der Waals surface area (Å²) < 4.78 is 10.4. The van der Waals surface area contributed by atoms with Crippen molar-refractivity contribution in [1.82, 2.24) is 15.5 Å². The summed E-state index contributed by atoms with van der Waals surface area (Å²) in [6.45, 7) is 5.57. The van der Waals surface area contributed by atoms with Gasteiger partial charge in [0, 0.05) is 32.4 Å². The highest BCUT2D eigenvalue weighted by atomic mass is 16.5. The molecule has 0 unspecified atom stereocenters. The van der Waals surface area contributed by atoms with Crippen LogP contribution in [0.4, 0.5) is 0 Å². The van der Waals surface area contributed by atoms with Gasteiger partial charge >= 0.3 is 0 Å². The SMILES string of the molecule is COc1ccc(CNC(=O)/C(C#N)=C\NCCCN2CCOCC2)cc1. The Morgan fingerprint density at radius 1 is 1.35 bits per heavy atom. The largest absolute Gasteiger partial charge is 0.497 e. The number of amides is 1. The van der Waals surface area contributed by atoms with Crippen LogP contribution in [0.3, 0.4) is 0 Å². The first kappa shape index (κ1) is 19.8. The Morgan fingerprint density at radius 2 is 2.08 bits per heavy atom. The number of hydrogen-bond acceptors (Lipinski definition) is 6. The van der Waals surface area contributed by atoms with E-state index in [1.807, 2.05) is 30.3 Å². The number of nitriles is 1. The second-order valence-corrected chi connectivity index (χ2v) is 5.96. The van der Waals surface area contributed by atoms with Crippen LogP contribution in [0.1, 0.15) is 12.0 Å². The van der Waals surface area contributed by atoms with E-state index in [2.05, 4.69) is 15.5 Å². The third-order valence-electron chi connectivity index (χ3n) is 4.12. The third-order valence-corrected chi connectivity index (χ3v) is 4.12. The average Bonchev–Trinajstić information content (AvgIpc) is 2.70. The number of carbonyl (C=O) groups excluding carboxylic acids is 1. The normalized spacial score (nSPS) is 15.2. The molecule has 7 nitrogen and oxygen atoms in total. The fraction of sp³-hybridized carbons (Fsp3) is 0.474. The lowest BCUT2D eigenvalue weighted by Crippen LogP contribution is -2.37. The van der Waals surface area contributed by atoms with Crippen molar-refractivity contribution in [1.29, 1.82) is 5.26 Å². The molecule has 1 aromatic carbocycles. The number of hydrogen-bond donors (Lipinski definition) is 2. The van der Waals surface area contributed by atoms with E-state index in [9.17, 15) is 4.79 Å². The highest BCUT2D eigenvalue weighted by Gasteiger charge is 2.10. The first-order valence-electron chi connectivity index (χ1n) is 8.78. The lowest BCUT2D eigenvalue weighted by atomic mass is 10.2. The van der Waals surface area contributed by atoms with Crippen LogP contribution < -0.4 is 15.4 Å². The van der Waals surface area contributed by atoms with E-state index in [4.69, 9.17) is 14.7 Å². The molecule has 0 aliphatic carbocycles. The zero-order chi connectivity index (χ0) is 18.6. The minimum absolute atomic E-state index is 0.0740. The Hall–Kier alpha value is -2.56. The van der Waals surface area contributed by atoms with Gasteiger partial charge in [0.05, 0.1) is 20.3 Å². The highest BCUT2D eigenvalue weighted by molar-refractivity contribution is 5.97. The Kier molecular flexibility index (Phi) is 8.46. The van der Waals surface area contributed by atoms with Crippen molar-refractivity contribution in [2.24, 2.45) is 0 Å². The predicted molar refractivity (Wildman–Crippen MR) is 98.4 cm³/mol. The topological polar surface area (TPSA) is 86.6 Å². The maximum absolute atomic E-state index is 12.1. The third kappa shape index (κ3) is 6.75. The van der Waals surface area contributed by atoms with Crippen molar-refractivity contribution in [3.63, 3.8) is 0 Å². The summed E-state index contributed by atoms with van der Waals surface area (Å²) >= 11 is 0. The van der Waals surface area contributed by atoms with Gasteiger partial charge in [-0.3, -0.25) is 9.69 Å². The molecule has 0 saturated carbocycles. The summed E-state index contributed by atoms with van der Waals surface area (Å²) in [7, 11) is 1.61. The zero-order valence-electron chi connectivity index (χ0n) is 15.2. The Morgan fingerprint density at radius 3 is 2.73 bits per heavy atom. The van der Waals surface area contributed by atoms with Gasteiger partial charge in [0.25, 0.3) is 5.91 Å². The molecular weight excluding hydrogens is 332 g/mol. The standard InChI is InChI=1S/C19H26N4O3/c1-25-18-5-3-16(4-6-18)14-22-19(24)17(13-20)15-21-7-2-8-23-9-11-26-12-10-23/h3-6,15,21H,2,7-12,14H2,1H3,(H,22,24)/b17-15-. The highest BCUT2D eigenvalue weighted by Crippen LogP contribution is 2.11. The fourth-order valence-electron chi connectivity index (χ4n) is 2.57. The fourth-order valence-corrected chi connectivity index (χ4v) is 2.57. The van der Waals surface area contributed by atoms with Gasteiger partial charge in [-0.05, 0) is 30.7 Å². The number of nitrogens with zero attached hydrogens (tertiary/aromatic N) is 2. The zero-order valence-corrected chi connectivity index (χ0v) is 15.2. The molecule has 0 atom stereocenters. The van der Waals surface area contributed by atoms with Gasteiger partial charge in [0.1, 0.15) is 17.4 Å². The van der Waals surface area contributed by atoms with Crippen molar-refractivity contribution in [3.8, 4) is 11.8 Å². The van der Waals surface area contributed by atoms with E-state index in [0.717, 1.165) is 50.6 Å². The number of nitrogens with one attached hydrogen (secondary N) is 2. The summed E-state index contributed by atoms with van der Waals surface area (Å²) in [4.78, 5) is 14.4. The molecule has 0 spiro atoms. The molecular formula is C19H26N4O3. The molecule has 1 aromatic rings. The molecule has 2 N–H and O–H groups in total. The van der Waals surface area contributed by atoms with Crippen molar-refractivity contribution >= 4 is 5.91 Å². The summed E-state index contributed by atoms with van der Waals surface area (Å²) in [5, 5.41) is 15.0. The Labute approximate surface area is 154 Å². The summed E-state index contributed by atoms with van der Waals surface area (Å²) in [5.74, 6) is 0.378. The van der Waals surface area contributed by atoms with Gasteiger partial charge < -0.3 is 20.1 Å². The van der Waals surface area contributed by atoms with Crippen molar-refractivity contribution in [2.75, 3.05) is 46.5 Å². The number of ether oxygens (including phenoxy) is 2. The first-order chi connectivity index (χ1) is 12.7. The van der Waals surface area contributed by atoms with Crippen molar-refractivity contribution in [3.05, 3.63) is 41.6 Å². The van der Waals surface area contributed by atoms with Gasteiger partial charge in [-0.1, -0.05) is 12.1 Å². The molecule has 1 saturated heterocycles. The van der Waals surface area contributed by atoms with Crippen LogP contribution in [-0.4, -0.2) is 57.3 Å². The van der Waals surface area contributed by atoms with Crippen molar-refractivity contribution < 1.29 is 14.3 Å². The Bertz CT molecular complexity index is 631. The number of morpholine rings is 1. The molecule has 140 valence electrons. The molecule has 0 radical (unpaired) electrons. The maximum Gasteiger partial charge on any atom is 0.263 e. The number of rotatable bonds is 9. The average molecular weight is 358 g/mol. The number of carbonyl (C=O) groups is 1. The van der Waals surface area contributed by atoms with Gasteiger partial charge in [0.2, 0.25) is 0 Å². The smallest absolute Gasteiger partial charge is 0.263 e. The van der Waals surface area contributed by atoms with E-state index in [-0.39, 0.29) is 11.5 Å². The second kappa shape index (κ2) is 11.1. The maximum atomic E-state index is 12.1. The van der Waals surface area contributed by atoms with Crippen LogP contribution in [-0.2, 0) is 16.1 Å². The molecule has 1 heterocycles. The molecule has 2 rings (SSSR count). The van der Waals surface area contributed by atoms with E-state index < -0.39 is 0 Å². The first-order valence-corrected chi connectivity index (χ1v) is 8.78. The van der Waals surface area contributed by atoms with Crippen LogP contribution in [0.25, 0.3) is 0 Å². The second-order valence-electron chi connectivity index (χ2n) is 5.96. The molecule has 26 heavy (non-hydrogen) atoms. The molecule has 0 bridgehead atoms. The van der Waals surface area contributed by atoms with Crippen LogP contribution in [0.15, 0.2) is 36.0 Å². The van der Waals surface area contributed by atoms with Crippen LogP contribution in [0.5, 0.6) is 5.75 Å².